The Morgan fingerprint density at radius 1 is 1.15 bits per heavy atom. The lowest BCUT2D eigenvalue weighted by Gasteiger charge is -2.13. The second kappa shape index (κ2) is 10.7. The van der Waals surface area contributed by atoms with Gasteiger partial charge in [0.25, 0.3) is 11.8 Å². The Kier molecular flexibility index (Phi) is 7.75. The van der Waals surface area contributed by atoms with Crippen molar-refractivity contribution < 1.29 is 19.2 Å². The molecule has 0 saturated carbocycles. The number of halogens is 1. The lowest BCUT2D eigenvalue weighted by atomic mass is 10.1. The van der Waals surface area contributed by atoms with E-state index in [-0.39, 0.29) is 17.3 Å². The van der Waals surface area contributed by atoms with E-state index >= 15 is 0 Å². The molecule has 170 valence electrons. The molecule has 1 aromatic heterocycles. The van der Waals surface area contributed by atoms with E-state index in [1.54, 1.807) is 49.4 Å². The van der Waals surface area contributed by atoms with Crippen molar-refractivity contribution in [2.45, 2.75) is 20.0 Å². The van der Waals surface area contributed by atoms with Crippen molar-refractivity contribution in [2.75, 3.05) is 5.32 Å². The van der Waals surface area contributed by atoms with Crippen LogP contribution in [0.5, 0.6) is 5.75 Å². The zero-order chi connectivity index (χ0) is 24.0. The number of amides is 2. The number of nitrogens with one attached hydrogen (secondary N) is 2. The molecule has 33 heavy (non-hydrogen) atoms. The molecule has 3 aromatic rings. The Morgan fingerprint density at radius 3 is 2.61 bits per heavy atom. The van der Waals surface area contributed by atoms with Crippen LogP contribution in [0.3, 0.4) is 0 Å². The first-order valence-electron chi connectivity index (χ1n) is 9.66. The summed E-state index contributed by atoms with van der Waals surface area (Å²) in [5, 5.41) is 18.0. The zero-order valence-electron chi connectivity index (χ0n) is 17.6. The highest BCUT2D eigenvalue weighted by Gasteiger charge is 2.20. The zero-order valence-corrected chi connectivity index (χ0v) is 19.1. The van der Waals surface area contributed by atoms with E-state index in [0.29, 0.717) is 26.2 Å². The van der Waals surface area contributed by atoms with E-state index in [1.807, 2.05) is 0 Å². The van der Waals surface area contributed by atoms with Crippen LogP contribution in [-0.2, 0) is 4.79 Å². The number of nitrogens with zero attached hydrogens (tertiary/aromatic N) is 2. The van der Waals surface area contributed by atoms with E-state index in [4.69, 9.17) is 16.3 Å². The molecule has 3 rings (SSSR count). The van der Waals surface area contributed by atoms with Crippen LogP contribution in [0.15, 0.2) is 65.8 Å². The minimum atomic E-state index is -1.02. The van der Waals surface area contributed by atoms with Crippen molar-refractivity contribution in [3.63, 3.8) is 0 Å². The molecule has 11 heteroatoms. The Bertz CT molecular complexity index is 1230. The summed E-state index contributed by atoms with van der Waals surface area (Å²) in [6.07, 6.45) is -1.02. The average Bonchev–Trinajstić information content (AvgIpc) is 3.24. The van der Waals surface area contributed by atoms with E-state index in [9.17, 15) is 19.7 Å². The van der Waals surface area contributed by atoms with Crippen LogP contribution in [0.4, 0.5) is 11.4 Å². The van der Waals surface area contributed by atoms with Gasteiger partial charge in [0.2, 0.25) is 0 Å². The molecular formula is C22H19ClN4O5S. The fourth-order valence-corrected chi connectivity index (χ4v) is 3.64. The highest BCUT2D eigenvalue weighted by molar-refractivity contribution is 7.18. The predicted octanol–water partition coefficient (Wildman–Crippen LogP) is 4.87. The van der Waals surface area contributed by atoms with Crippen LogP contribution >= 0.6 is 22.9 Å². The first-order chi connectivity index (χ1) is 15.7. The number of rotatable bonds is 8. The van der Waals surface area contributed by atoms with Gasteiger partial charge in [0.05, 0.1) is 19.8 Å². The molecule has 0 saturated heterocycles. The minimum absolute atomic E-state index is 0.0127. The number of hydrogen-bond donors (Lipinski definition) is 2. The lowest BCUT2D eigenvalue weighted by molar-refractivity contribution is -0.386. The van der Waals surface area contributed by atoms with E-state index in [0.717, 1.165) is 0 Å². The molecule has 1 heterocycles. The van der Waals surface area contributed by atoms with Gasteiger partial charge < -0.3 is 10.1 Å². The maximum atomic E-state index is 12.4. The van der Waals surface area contributed by atoms with Crippen LogP contribution in [0.2, 0.25) is 4.34 Å². The predicted molar refractivity (Wildman–Crippen MR) is 127 cm³/mol. The van der Waals surface area contributed by atoms with Crippen molar-refractivity contribution in [3.05, 3.63) is 85.6 Å². The highest BCUT2D eigenvalue weighted by atomic mass is 35.5. The maximum Gasteiger partial charge on any atom is 0.310 e. The summed E-state index contributed by atoms with van der Waals surface area (Å²) in [6, 6.07) is 16.0. The normalized spacial score (nSPS) is 12.0. The summed E-state index contributed by atoms with van der Waals surface area (Å²) in [7, 11) is 0. The molecule has 2 aromatic carbocycles. The molecule has 2 amide bonds. The monoisotopic (exact) mass is 486 g/mol. The van der Waals surface area contributed by atoms with Gasteiger partial charge in [0, 0.05) is 11.8 Å². The number of hydrazone groups is 1. The van der Waals surface area contributed by atoms with Crippen LogP contribution in [0.25, 0.3) is 0 Å². The maximum absolute atomic E-state index is 12.4. The number of benzene rings is 2. The van der Waals surface area contributed by atoms with Gasteiger partial charge in [0.15, 0.2) is 11.9 Å². The number of carbonyl (C=O) groups is 2. The molecule has 9 nitrogen and oxygen atoms in total. The smallest absolute Gasteiger partial charge is 0.310 e. The summed E-state index contributed by atoms with van der Waals surface area (Å²) < 4.78 is 5.96. The molecule has 0 aliphatic heterocycles. The van der Waals surface area contributed by atoms with Crippen LogP contribution in [-0.4, -0.2) is 28.6 Å². The topological polar surface area (TPSA) is 123 Å². The number of nitro benzene ring substituents is 1. The van der Waals surface area contributed by atoms with E-state index in [1.165, 1.54) is 36.5 Å². The van der Waals surface area contributed by atoms with Crippen LogP contribution in [0, 0.1) is 10.1 Å². The molecule has 0 aliphatic carbocycles. The quantitative estimate of drug-likeness (QED) is 0.267. The third-order valence-electron chi connectivity index (χ3n) is 4.40. The highest BCUT2D eigenvalue weighted by Crippen LogP contribution is 2.27. The van der Waals surface area contributed by atoms with Gasteiger partial charge in [-0.05, 0) is 49.7 Å². The van der Waals surface area contributed by atoms with Gasteiger partial charge in [-0.1, -0.05) is 35.9 Å². The third kappa shape index (κ3) is 6.37. The Labute approximate surface area is 198 Å². The van der Waals surface area contributed by atoms with Crippen molar-refractivity contribution in [3.8, 4) is 5.75 Å². The largest absolute Gasteiger partial charge is 0.474 e. The fourth-order valence-electron chi connectivity index (χ4n) is 2.70. The van der Waals surface area contributed by atoms with E-state index < -0.39 is 16.9 Å². The second-order valence-corrected chi connectivity index (χ2v) is 8.51. The van der Waals surface area contributed by atoms with Gasteiger partial charge in [-0.25, -0.2) is 5.43 Å². The summed E-state index contributed by atoms with van der Waals surface area (Å²) in [4.78, 5) is 35.7. The van der Waals surface area contributed by atoms with Gasteiger partial charge in [0.1, 0.15) is 0 Å². The van der Waals surface area contributed by atoms with E-state index in [2.05, 4.69) is 15.8 Å². The number of anilines is 1. The van der Waals surface area contributed by atoms with Crippen LogP contribution in [0.1, 0.15) is 29.1 Å². The fraction of sp³-hybridized carbons (Fsp3) is 0.136. The Morgan fingerprint density at radius 2 is 1.91 bits per heavy atom. The molecule has 0 radical (unpaired) electrons. The number of hydrogen-bond acceptors (Lipinski definition) is 7. The van der Waals surface area contributed by atoms with Crippen LogP contribution < -0.4 is 15.5 Å². The third-order valence-corrected chi connectivity index (χ3v) is 5.63. The number of para-hydroxylation sites is 2. The van der Waals surface area contributed by atoms with Gasteiger partial charge >= 0.3 is 5.69 Å². The number of nitro groups is 1. The molecule has 2 N–H and O–H groups in total. The summed E-state index contributed by atoms with van der Waals surface area (Å²) >= 11 is 7.05. The Balaban J connectivity index is 1.63. The first kappa shape index (κ1) is 23.9. The van der Waals surface area contributed by atoms with Gasteiger partial charge in [-0.2, -0.15) is 5.10 Å². The summed E-state index contributed by atoms with van der Waals surface area (Å²) in [5.74, 6) is -0.874. The van der Waals surface area contributed by atoms with Gasteiger partial charge in [-0.15, -0.1) is 11.3 Å². The average molecular weight is 487 g/mol. The summed E-state index contributed by atoms with van der Waals surface area (Å²) in [5.41, 5.74) is 3.86. The van der Waals surface area contributed by atoms with Crippen molar-refractivity contribution >= 4 is 51.8 Å². The molecule has 0 fully saturated rings. The SMILES string of the molecule is C/C(=N/NC(=O)[C@H](C)Oc1ccccc1[N+](=O)[O-])c1cccc(NC(=O)c2ccc(Cl)s2)c1. The molecule has 0 aliphatic rings. The standard InChI is InChI=1S/C22H19ClN4O5S/c1-13(15-6-5-7-16(12-15)24-22(29)19-10-11-20(23)33-19)25-26-21(28)14(2)32-18-9-4-3-8-17(18)27(30)31/h3-12,14H,1-2H3,(H,24,29)(H,26,28)/b25-13-/t14-/m0/s1. The molecule has 0 unspecified atom stereocenters. The second-order valence-electron chi connectivity index (χ2n) is 6.80. The molecule has 0 spiro atoms. The minimum Gasteiger partial charge on any atom is -0.474 e. The molecular weight excluding hydrogens is 468 g/mol. The number of thiophene rings is 1. The Hall–Kier alpha value is -3.76. The van der Waals surface area contributed by atoms with Gasteiger partial charge in [-0.3, -0.25) is 19.7 Å². The molecule has 0 bridgehead atoms. The first-order valence-corrected chi connectivity index (χ1v) is 10.9. The lowest BCUT2D eigenvalue weighted by Crippen LogP contribution is -2.34. The molecule has 1 atom stereocenters. The van der Waals surface area contributed by atoms with Crippen molar-refractivity contribution in [2.24, 2.45) is 5.10 Å². The number of ether oxygens (including phenoxy) is 1. The van der Waals surface area contributed by atoms with Crippen molar-refractivity contribution in [1.82, 2.24) is 5.43 Å². The number of carbonyl (C=O) groups excluding carboxylic acids is 2. The van der Waals surface area contributed by atoms with Crippen molar-refractivity contribution in [1.29, 1.82) is 0 Å². The summed E-state index contributed by atoms with van der Waals surface area (Å²) in [6.45, 7) is 3.15.